The van der Waals surface area contributed by atoms with E-state index < -0.39 is 5.82 Å². The van der Waals surface area contributed by atoms with Crippen molar-refractivity contribution in [2.75, 3.05) is 6.61 Å². The number of carbonyl (C=O) groups is 1. The lowest BCUT2D eigenvalue weighted by molar-refractivity contribution is 0.0851. The van der Waals surface area contributed by atoms with Gasteiger partial charge in [0.25, 0.3) is 0 Å². The van der Waals surface area contributed by atoms with Crippen LogP contribution in [0.3, 0.4) is 0 Å². The number of benzene rings is 2. The summed E-state index contributed by atoms with van der Waals surface area (Å²) in [6, 6.07) is 12.4. The third-order valence-electron chi connectivity index (χ3n) is 3.47. The molecule has 3 rings (SSSR count). The summed E-state index contributed by atoms with van der Waals surface area (Å²) in [7, 11) is 0. The van der Waals surface area contributed by atoms with Crippen molar-refractivity contribution < 1.29 is 13.9 Å². The largest absolute Gasteiger partial charge is 0.493 e. The summed E-state index contributed by atoms with van der Waals surface area (Å²) in [5.74, 6) is -0.241. The van der Waals surface area contributed by atoms with Crippen LogP contribution in [0.5, 0.6) is 5.75 Å². The van der Waals surface area contributed by atoms with Crippen molar-refractivity contribution in [2.24, 2.45) is 5.92 Å². The number of hydrogen-bond acceptors (Lipinski definition) is 2. The first kappa shape index (κ1) is 13.3. The fourth-order valence-electron chi connectivity index (χ4n) is 2.41. The summed E-state index contributed by atoms with van der Waals surface area (Å²) in [6.45, 7) is 0.293. The Morgan fingerprint density at radius 2 is 2.00 bits per heavy atom. The van der Waals surface area contributed by atoms with Crippen LogP contribution in [0.15, 0.2) is 46.9 Å². The molecule has 0 amide bonds. The lowest BCUT2D eigenvalue weighted by Gasteiger charge is -2.24. The molecule has 1 aliphatic rings. The molecule has 2 aromatic rings. The van der Waals surface area contributed by atoms with Gasteiger partial charge in [-0.15, -0.1) is 0 Å². The highest BCUT2D eigenvalue weighted by molar-refractivity contribution is 9.10. The van der Waals surface area contributed by atoms with Crippen LogP contribution >= 0.6 is 15.9 Å². The minimum Gasteiger partial charge on any atom is -0.493 e. The van der Waals surface area contributed by atoms with E-state index >= 15 is 0 Å². The standard InChI is InChI=1S/C16H12BrFO2/c17-13-6-3-5-12(15(13)18)16(19)11-8-10-4-1-2-7-14(10)20-9-11/h1-7,11H,8-9H2. The van der Waals surface area contributed by atoms with Gasteiger partial charge in [0.15, 0.2) is 5.78 Å². The summed E-state index contributed by atoms with van der Waals surface area (Å²) >= 11 is 3.11. The number of ketones is 1. The minimum atomic E-state index is -0.503. The van der Waals surface area contributed by atoms with Crippen LogP contribution in [0.2, 0.25) is 0 Å². The highest BCUT2D eigenvalue weighted by atomic mass is 79.9. The molecule has 2 aromatic carbocycles. The Balaban J connectivity index is 1.88. The van der Waals surface area contributed by atoms with E-state index in [9.17, 15) is 9.18 Å². The van der Waals surface area contributed by atoms with Crippen molar-refractivity contribution in [2.45, 2.75) is 6.42 Å². The van der Waals surface area contributed by atoms with Crippen molar-refractivity contribution in [3.05, 3.63) is 63.9 Å². The molecule has 0 aliphatic carbocycles. The summed E-state index contributed by atoms with van der Waals surface area (Å²) in [5.41, 5.74) is 1.11. The summed E-state index contributed by atoms with van der Waals surface area (Å²) < 4.78 is 19.9. The smallest absolute Gasteiger partial charge is 0.172 e. The highest BCUT2D eigenvalue weighted by Gasteiger charge is 2.28. The van der Waals surface area contributed by atoms with Crippen LogP contribution in [-0.4, -0.2) is 12.4 Å². The van der Waals surface area contributed by atoms with Crippen LogP contribution in [-0.2, 0) is 6.42 Å². The average molecular weight is 335 g/mol. The maximum absolute atomic E-state index is 14.0. The molecular formula is C16H12BrFO2. The maximum atomic E-state index is 14.0. The molecule has 0 radical (unpaired) electrons. The van der Waals surface area contributed by atoms with Gasteiger partial charge in [0.2, 0.25) is 0 Å². The van der Waals surface area contributed by atoms with Gasteiger partial charge >= 0.3 is 0 Å². The Bertz CT molecular complexity index is 669. The Labute approximate surface area is 124 Å². The normalized spacial score (nSPS) is 17.2. The SMILES string of the molecule is O=C(c1cccc(Br)c1F)C1COc2ccccc2C1. The molecule has 1 atom stereocenters. The molecule has 0 fully saturated rings. The van der Waals surface area contributed by atoms with E-state index in [0.717, 1.165) is 11.3 Å². The molecule has 0 saturated heterocycles. The van der Waals surface area contributed by atoms with E-state index in [4.69, 9.17) is 4.74 Å². The topological polar surface area (TPSA) is 26.3 Å². The van der Waals surface area contributed by atoms with Crippen molar-refractivity contribution in [1.29, 1.82) is 0 Å². The third-order valence-corrected chi connectivity index (χ3v) is 4.08. The molecule has 1 heterocycles. The van der Waals surface area contributed by atoms with Crippen molar-refractivity contribution in [3.8, 4) is 5.75 Å². The lowest BCUT2D eigenvalue weighted by atomic mass is 9.89. The Kier molecular flexibility index (Phi) is 3.57. The van der Waals surface area contributed by atoms with Crippen LogP contribution in [0.25, 0.3) is 0 Å². The number of rotatable bonds is 2. The number of carbonyl (C=O) groups excluding carboxylic acids is 1. The second kappa shape index (κ2) is 5.37. The van der Waals surface area contributed by atoms with Gasteiger partial charge in [-0.25, -0.2) is 4.39 Å². The monoisotopic (exact) mass is 334 g/mol. The van der Waals surface area contributed by atoms with E-state index in [0.29, 0.717) is 17.5 Å². The van der Waals surface area contributed by atoms with Gasteiger partial charge in [0, 0.05) is 0 Å². The Morgan fingerprint density at radius 1 is 1.20 bits per heavy atom. The van der Waals surface area contributed by atoms with Crippen LogP contribution in [0, 0.1) is 11.7 Å². The van der Waals surface area contributed by atoms with Gasteiger partial charge in [-0.05, 0) is 46.1 Å². The molecule has 1 unspecified atom stereocenters. The lowest BCUT2D eigenvalue weighted by Crippen LogP contribution is -2.28. The molecule has 0 N–H and O–H groups in total. The Hall–Kier alpha value is -1.68. The van der Waals surface area contributed by atoms with E-state index in [1.54, 1.807) is 12.1 Å². The van der Waals surface area contributed by atoms with Crippen molar-refractivity contribution in [1.82, 2.24) is 0 Å². The summed E-state index contributed by atoms with van der Waals surface area (Å²) in [5, 5.41) is 0. The van der Waals surface area contributed by atoms with Crippen LogP contribution in [0.1, 0.15) is 15.9 Å². The molecule has 1 aliphatic heterocycles. The van der Waals surface area contributed by atoms with Crippen molar-refractivity contribution >= 4 is 21.7 Å². The fourth-order valence-corrected chi connectivity index (χ4v) is 2.78. The molecule has 0 bridgehead atoms. The van der Waals surface area contributed by atoms with Gasteiger partial charge in [0.05, 0.1) is 22.6 Å². The molecule has 0 spiro atoms. The maximum Gasteiger partial charge on any atom is 0.172 e. The zero-order chi connectivity index (χ0) is 14.1. The second-order valence-corrected chi connectivity index (χ2v) is 5.64. The van der Waals surface area contributed by atoms with Crippen LogP contribution in [0.4, 0.5) is 4.39 Å². The number of halogens is 2. The second-order valence-electron chi connectivity index (χ2n) is 4.79. The first-order valence-electron chi connectivity index (χ1n) is 6.35. The predicted octanol–water partition coefficient (Wildman–Crippen LogP) is 4.02. The van der Waals surface area contributed by atoms with E-state index in [2.05, 4.69) is 15.9 Å². The van der Waals surface area contributed by atoms with E-state index in [1.807, 2.05) is 24.3 Å². The van der Waals surface area contributed by atoms with Gasteiger partial charge < -0.3 is 4.74 Å². The van der Waals surface area contributed by atoms with E-state index in [1.165, 1.54) is 6.07 Å². The van der Waals surface area contributed by atoms with Crippen molar-refractivity contribution in [3.63, 3.8) is 0 Å². The molecule has 0 aromatic heterocycles. The van der Waals surface area contributed by atoms with E-state index in [-0.39, 0.29) is 17.3 Å². The zero-order valence-corrected chi connectivity index (χ0v) is 12.2. The molecule has 102 valence electrons. The fraction of sp³-hybridized carbons (Fsp3) is 0.188. The number of Topliss-reactive ketones (excluding diaryl/α,β-unsaturated/α-hetero) is 1. The molecule has 2 nitrogen and oxygen atoms in total. The minimum absolute atomic E-state index is 0.118. The first-order valence-corrected chi connectivity index (χ1v) is 7.15. The van der Waals surface area contributed by atoms with Gasteiger partial charge in [0.1, 0.15) is 11.6 Å². The average Bonchev–Trinajstić information content (AvgIpc) is 2.49. The van der Waals surface area contributed by atoms with Gasteiger partial charge in [-0.1, -0.05) is 24.3 Å². The molecule has 4 heteroatoms. The summed E-state index contributed by atoms with van der Waals surface area (Å²) in [6.07, 6.45) is 0.584. The predicted molar refractivity (Wildman–Crippen MR) is 77.6 cm³/mol. The third kappa shape index (κ3) is 2.36. The molecular weight excluding hydrogens is 323 g/mol. The van der Waals surface area contributed by atoms with Crippen LogP contribution < -0.4 is 4.74 Å². The number of hydrogen-bond donors (Lipinski definition) is 0. The number of ether oxygens (including phenoxy) is 1. The van der Waals surface area contributed by atoms with Gasteiger partial charge in [-0.3, -0.25) is 4.79 Å². The highest BCUT2D eigenvalue weighted by Crippen LogP contribution is 2.29. The summed E-state index contributed by atoms with van der Waals surface area (Å²) in [4.78, 5) is 12.4. The first-order chi connectivity index (χ1) is 9.66. The quantitative estimate of drug-likeness (QED) is 0.775. The number of fused-ring (bicyclic) bond motifs is 1. The Morgan fingerprint density at radius 3 is 2.85 bits per heavy atom. The molecule has 0 saturated carbocycles. The number of para-hydroxylation sites is 1. The zero-order valence-electron chi connectivity index (χ0n) is 10.6. The van der Waals surface area contributed by atoms with Gasteiger partial charge in [-0.2, -0.15) is 0 Å². The molecule has 20 heavy (non-hydrogen) atoms.